The molecule has 152 valence electrons. The molecule has 0 fully saturated rings. The normalized spacial score (nSPS) is 13.9. The summed E-state index contributed by atoms with van der Waals surface area (Å²) in [7, 11) is 0. The van der Waals surface area contributed by atoms with Gasteiger partial charge in [-0.25, -0.2) is 0 Å². The van der Waals surface area contributed by atoms with Crippen LogP contribution in [0.15, 0.2) is 0 Å². The molecule has 25 heavy (non-hydrogen) atoms. The van der Waals surface area contributed by atoms with E-state index in [1.54, 1.807) is 0 Å². The Hall–Kier alpha value is -0.0800. The van der Waals surface area contributed by atoms with Gasteiger partial charge in [-0.15, -0.1) is 0 Å². The lowest BCUT2D eigenvalue weighted by Crippen LogP contribution is -2.32. The maximum Gasteiger partial charge on any atom is -0.00224 e. The molecule has 0 aliphatic heterocycles. The molecule has 0 aromatic rings. The predicted octanol–water partition coefficient (Wildman–Crippen LogP) is 8.14. The topological polar surface area (TPSA) is 35.1 Å². The van der Waals surface area contributed by atoms with E-state index >= 15 is 0 Å². The smallest absolute Gasteiger partial charge is 0.00224 e. The van der Waals surface area contributed by atoms with Crippen LogP contribution in [-0.4, -0.2) is 6.04 Å². The van der Waals surface area contributed by atoms with Gasteiger partial charge < -0.3 is 10.7 Å². The van der Waals surface area contributed by atoms with Crippen molar-refractivity contribution in [1.29, 1.82) is 0 Å². The molecule has 2 atom stereocenters. The van der Waals surface area contributed by atoms with Gasteiger partial charge in [-0.3, -0.25) is 0 Å². The van der Waals surface area contributed by atoms with Crippen molar-refractivity contribution in [3.63, 3.8) is 0 Å². The molecule has 0 saturated heterocycles. The molecule has 0 saturated carbocycles. The lowest BCUT2D eigenvalue weighted by atomic mass is 9.89. The molecule has 0 amide bonds. The number of hydrogen-bond acceptors (Lipinski definition) is 2. The van der Waals surface area contributed by atoms with E-state index < -0.39 is 0 Å². The highest BCUT2D eigenvalue weighted by Crippen LogP contribution is 2.21. The third-order valence-corrected chi connectivity index (χ3v) is 5.77. The Balaban J connectivity index is 3.34. The van der Waals surface area contributed by atoms with Gasteiger partial charge in [-0.2, -0.15) is 0 Å². The van der Waals surface area contributed by atoms with Crippen molar-refractivity contribution < 1.29 is 0 Å². The SMILES string of the molecule is CCCCCCCCCCCCCCCCC(CC)C(CCC)N[O-]. The summed E-state index contributed by atoms with van der Waals surface area (Å²) in [5.74, 6) is 0.578. The zero-order valence-electron chi connectivity index (χ0n) is 17.8. The lowest BCUT2D eigenvalue weighted by Gasteiger charge is -2.30. The van der Waals surface area contributed by atoms with Crippen LogP contribution in [0.3, 0.4) is 0 Å². The molecule has 0 rings (SSSR count). The molecule has 0 heterocycles. The summed E-state index contributed by atoms with van der Waals surface area (Å²) in [6, 6.07) is 0.192. The van der Waals surface area contributed by atoms with Crippen LogP contribution < -0.4 is 5.48 Å². The van der Waals surface area contributed by atoms with Crippen molar-refractivity contribution in [2.24, 2.45) is 5.92 Å². The van der Waals surface area contributed by atoms with Crippen molar-refractivity contribution in [2.45, 2.75) is 142 Å². The number of nitrogens with one attached hydrogen (secondary N) is 1. The highest BCUT2D eigenvalue weighted by Gasteiger charge is 2.15. The first kappa shape index (κ1) is 24.9. The average molecular weight is 355 g/mol. The maximum atomic E-state index is 11.1. The zero-order chi connectivity index (χ0) is 18.6. The molecule has 0 radical (unpaired) electrons. The van der Waals surface area contributed by atoms with Crippen molar-refractivity contribution in [3.8, 4) is 0 Å². The van der Waals surface area contributed by atoms with Gasteiger partial charge in [0.25, 0.3) is 0 Å². The summed E-state index contributed by atoms with van der Waals surface area (Å²) in [6.07, 6.45) is 24.3. The quantitative estimate of drug-likeness (QED) is 0.177. The fourth-order valence-corrected chi connectivity index (χ4v) is 3.99. The number of rotatable bonds is 20. The molecule has 0 aliphatic rings. The van der Waals surface area contributed by atoms with Crippen LogP contribution >= 0.6 is 0 Å². The number of hydroxylamine groups is 1. The van der Waals surface area contributed by atoms with Crippen molar-refractivity contribution in [1.82, 2.24) is 5.48 Å². The van der Waals surface area contributed by atoms with E-state index in [-0.39, 0.29) is 6.04 Å². The Labute approximate surface area is 159 Å². The zero-order valence-corrected chi connectivity index (χ0v) is 17.8. The minimum absolute atomic E-state index is 0.192. The summed E-state index contributed by atoms with van der Waals surface area (Å²) >= 11 is 0. The van der Waals surface area contributed by atoms with Gasteiger partial charge in [0, 0.05) is 0 Å². The standard InChI is InChI=1S/C23H48NO/c1-4-7-8-9-10-11-12-13-14-15-16-17-18-19-21-22(6-3)23(24-25)20-5-2/h22-24H,4-21H2,1-3H3/q-1. The molecule has 2 heteroatoms. The van der Waals surface area contributed by atoms with Crippen LogP contribution in [0, 0.1) is 11.1 Å². The predicted molar refractivity (Wildman–Crippen MR) is 114 cm³/mol. The molecular weight excluding hydrogens is 306 g/mol. The number of hydrogen-bond donors (Lipinski definition) is 1. The second-order valence-corrected chi connectivity index (χ2v) is 8.07. The second kappa shape index (κ2) is 20.2. The molecule has 2 nitrogen and oxygen atoms in total. The van der Waals surface area contributed by atoms with E-state index in [0.29, 0.717) is 5.92 Å². The molecule has 2 unspecified atom stereocenters. The minimum atomic E-state index is 0.192. The Kier molecular flexibility index (Phi) is 20.2. The van der Waals surface area contributed by atoms with Crippen LogP contribution in [0.25, 0.3) is 0 Å². The molecule has 0 aromatic heterocycles. The molecule has 1 N–H and O–H groups in total. The summed E-state index contributed by atoms with van der Waals surface area (Å²) in [5, 5.41) is 11.1. The highest BCUT2D eigenvalue weighted by atomic mass is 16.5. The molecule has 0 bridgehead atoms. The Morgan fingerprint density at radius 1 is 0.560 bits per heavy atom. The van der Waals surface area contributed by atoms with Crippen LogP contribution in [0.2, 0.25) is 0 Å². The van der Waals surface area contributed by atoms with Crippen LogP contribution in [-0.2, 0) is 0 Å². The van der Waals surface area contributed by atoms with E-state index in [9.17, 15) is 5.21 Å². The summed E-state index contributed by atoms with van der Waals surface area (Å²) in [4.78, 5) is 0. The molecule has 0 aromatic carbocycles. The Morgan fingerprint density at radius 2 is 1.00 bits per heavy atom. The van der Waals surface area contributed by atoms with Crippen LogP contribution in [0.1, 0.15) is 136 Å². The lowest BCUT2D eigenvalue weighted by molar-refractivity contribution is 0.320. The highest BCUT2D eigenvalue weighted by molar-refractivity contribution is 4.75. The summed E-state index contributed by atoms with van der Waals surface area (Å²) in [5.41, 5.74) is 2.30. The van der Waals surface area contributed by atoms with Gasteiger partial charge in [-0.05, 0) is 24.8 Å². The van der Waals surface area contributed by atoms with E-state index in [4.69, 9.17) is 0 Å². The van der Waals surface area contributed by atoms with E-state index in [1.165, 1.54) is 96.3 Å². The third-order valence-electron chi connectivity index (χ3n) is 5.77. The van der Waals surface area contributed by atoms with Gasteiger partial charge in [0.05, 0.1) is 0 Å². The first-order chi connectivity index (χ1) is 12.3. The Bertz CT molecular complexity index is 244. The monoisotopic (exact) mass is 354 g/mol. The first-order valence-corrected chi connectivity index (χ1v) is 11.7. The molecule has 0 spiro atoms. The maximum absolute atomic E-state index is 11.1. The summed E-state index contributed by atoms with van der Waals surface area (Å²) in [6.45, 7) is 6.69. The van der Waals surface area contributed by atoms with Gasteiger partial charge in [-0.1, -0.05) is 124 Å². The fourth-order valence-electron chi connectivity index (χ4n) is 3.99. The fraction of sp³-hybridized carbons (Fsp3) is 1.00. The van der Waals surface area contributed by atoms with Gasteiger partial charge in [0.1, 0.15) is 0 Å². The van der Waals surface area contributed by atoms with Gasteiger partial charge in [0.2, 0.25) is 0 Å². The van der Waals surface area contributed by atoms with Crippen LogP contribution in [0.4, 0.5) is 0 Å². The minimum Gasteiger partial charge on any atom is -0.788 e. The number of unbranched alkanes of at least 4 members (excludes halogenated alkanes) is 13. The Morgan fingerprint density at radius 3 is 1.36 bits per heavy atom. The second-order valence-electron chi connectivity index (χ2n) is 8.07. The van der Waals surface area contributed by atoms with Gasteiger partial charge in [0.15, 0.2) is 0 Å². The molecule has 0 aliphatic carbocycles. The van der Waals surface area contributed by atoms with Gasteiger partial charge >= 0.3 is 0 Å². The van der Waals surface area contributed by atoms with Crippen molar-refractivity contribution in [2.75, 3.05) is 0 Å². The van der Waals surface area contributed by atoms with Crippen LogP contribution in [0.5, 0.6) is 0 Å². The molecular formula is C23H48NO-. The first-order valence-electron chi connectivity index (χ1n) is 11.7. The third kappa shape index (κ3) is 15.9. The largest absolute Gasteiger partial charge is 0.788 e. The van der Waals surface area contributed by atoms with E-state index in [1.807, 2.05) is 0 Å². The van der Waals surface area contributed by atoms with E-state index in [2.05, 4.69) is 26.3 Å². The average Bonchev–Trinajstić information content (AvgIpc) is 2.63. The van der Waals surface area contributed by atoms with Crippen molar-refractivity contribution >= 4 is 0 Å². The summed E-state index contributed by atoms with van der Waals surface area (Å²) < 4.78 is 0. The van der Waals surface area contributed by atoms with E-state index in [0.717, 1.165) is 19.3 Å². The van der Waals surface area contributed by atoms with Crippen molar-refractivity contribution in [3.05, 3.63) is 5.21 Å².